The van der Waals surface area contributed by atoms with Crippen molar-refractivity contribution in [3.05, 3.63) is 11.8 Å². The molecule has 9 nitrogen and oxygen atoms in total. The van der Waals surface area contributed by atoms with E-state index in [-0.39, 0.29) is 11.7 Å². The lowest BCUT2D eigenvalue weighted by atomic mass is 10.3. The van der Waals surface area contributed by atoms with E-state index >= 15 is 0 Å². The number of nitrogens with zero attached hydrogens (tertiary/aromatic N) is 2. The molecule has 0 saturated carbocycles. The van der Waals surface area contributed by atoms with Gasteiger partial charge in [-0.15, -0.1) is 4.40 Å². The Morgan fingerprint density at radius 1 is 1.31 bits per heavy atom. The van der Waals surface area contributed by atoms with Crippen molar-refractivity contribution in [2.75, 3.05) is 40.6 Å². The van der Waals surface area contributed by atoms with Crippen molar-refractivity contribution >= 4 is 22.2 Å². The lowest BCUT2D eigenvalue weighted by Crippen LogP contribution is -2.44. The molecule has 0 radical (unpaired) electrons. The Morgan fingerprint density at radius 2 is 1.96 bits per heavy atom. The zero-order valence-electron chi connectivity index (χ0n) is 16.2. The summed E-state index contributed by atoms with van der Waals surface area (Å²) >= 11 is 0. The fourth-order valence-electron chi connectivity index (χ4n) is 1.79. The minimum atomic E-state index is -3.97. The van der Waals surface area contributed by atoms with Crippen LogP contribution in [-0.4, -0.2) is 65.4 Å². The monoisotopic (exact) mass is 394 g/mol. The summed E-state index contributed by atoms with van der Waals surface area (Å²) in [6.45, 7) is 7.71. The molecule has 0 aromatic heterocycles. The van der Waals surface area contributed by atoms with Gasteiger partial charge in [0.05, 0.1) is 20.7 Å². The summed E-state index contributed by atoms with van der Waals surface area (Å²) in [6.07, 6.45) is 4.57. The molecule has 0 aromatic rings. The highest BCUT2D eigenvalue weighted by Crippen LogP contribution is 2.09. The second-order valence-corrected chi connectivity index (χ2v) is 7.64. The molecule has 152 valence electrons. The summed E-state index contributed by atoms with van der Waals surface area (Å²) in [5.74, 6) is -0.979. The third-order valence-electron chi connectivity index (χ3n) is 3.10. The molecule has 0 atom stereocenters. The highest BCUT2D eigenvalue weighted by atomic mass is 32.2. The van der Waals surface area contributed by atoms with Crippen LogP contribution in [0.5, 0.6) is 0 Å². The normalized spacial score (nSPS) is 15.7. The number of ether oxygens (including phenoxy) is 2. The first-order valence-corrected chi connectivity index (χ1v) is 9.77. The molecule has 0 aromatic carbocycles. The van der Waals surface area contributed by atoms with Crippen LogP contribution in [0.1, 0.15) is 40.0 Å². The molecule has 26 heavy (non-hydrogen) atoms. The zero-order valence-corrected chi connectivity index (χ0v) is 17.0. The van der Waals surface area contributed by atoms with Crippen LogP contribution in [0.2, 0.25) is 0 Å². The summed E-state index contributed by atoms with van der Waals surface area (Å²) in [4.78, 5) is 10.6. The quantitative estimate of drug-likeness (QED) is 0.245. The van der Waals surface area contributed by atoms with Gasteiger partial charge in [-0.1, -0.05) is 19.8 Å². The number of rotatable bonds is 9. The highest BCUT2D eigenvalue weighted by molar-refractivity contribution is 7.85. The van der Waals surface area contributed by atoms with Crippen molar-refractivity contribution in [1.29, 1.82) is 0 Å². The van der Waals surface area contributed by atoms with E-state index in [1.165, 1.54) is 26.7 Å². The second kappa shape index (κ2) is 11.9. The van der Waals surface area contributed by atoms with E-state index in [0.717, 1.165) is 30.1 Å². The molecule has 1 aliphatic heterocycles. The summed E-state index contributed by atoms with van der Waals surface area (Å²) < 4.78 is 39.0. The van der Waals surface area contributed by atoms with Gasteiger partial charge in [-0.2, -0.15) is 8.42 Å². The van der Waals surface area contributed by atoms with E-state index in [1.54, 1.807) is 0 Å². The molecule has 0 bridgehead atoms. The van der Waals surface area contributed by atoms with Gasteiger partial charge in [0.25, 0.3) is 0 Å². The number of carbonyl (C=O) groups excluding carboxylic acids is 1. The molecule has 0 aliphatic carbocycles. The SMILES string of the molecule is CC1=CC([O-])=NS(=O)(=O)O1.CCCCCOC[N+](C)(C)CCOC(C)=O. The standard InChI is InChI=1S/C12H26NO3.C4H5NO4S/c1-5-6-7-9-15-11-13(3,4)8-10-16-12(2)14;1-3-2-4(6)5-10(7,8)9-3/h5-11H2,1-4H3;2H,1H3,(H,5,6)/q+1;/p-1. The van der Waals surface area contributed by atoms with E-state index in [4.69, 9.17) is 9.47 Å². The summed E-state index contributed by atoms with van der Waals surface area (Å²) in [7, 11) is 0.172. The van der Waals surface area contributed by atoms with E-state index in [9.17, 15) is 18.3 Å². The van der Waals surface area contributed by atoms with Gasteiger partial charge >= 0.3 is 16.3 Å². The van der Waals surface area contributed by atoms with Crippen molar-refractivity contribution in [2.45, 2.75) is 40.0 Å². The molecule has 0 amide bonds. The van der Waals surface area contributed by atoms with Crippen molar-refractivity contribution in [2.24, 2.45) is 4.40 Å². The fourth-order valence-corrected chi connectivity index (χ4v) is 2.48. The second-order valence-electron chi connectivity index (χ2n) is 6.44. The topological polar surface area (TPSA) is 114 Å². The van der Waals surface area contributed by atoms with E-state index < -0.39 is 16.2 Å². The van der Waals surface area contributed by atoms with E-state index in [2.05, 4.69) is 29.6 Å². The number of hydrogen-bond acceptors (Lipinski definition) is 7. The third kappa shape index (κ3) is 13.6. The zero-order chi connectivity index (χ0) is 20.2. The summed E-state index contributed by atoms with van der Waals surface area (Å²) in [6, 6.07) is 0. The van der Waals surface area contributed by atoms with Gasteiger partial charge < -0.3 is 23.2 Å². The Labute approximate surface area is 156 Å². The fraction of sp³-hybridized carbons (Fsp3) is 0.750. The maximum absolute atomic E-state index is 10.6. The van der Waals surface area contributed by atoms with Crippen LogP contribution in [0.15, 0.2) is 16.2 Å². The van der Waals surface area contributed by atoms with Gasteiger partial charge in [-0.25, -0.2) is 0 Å². The number of esters is 1. The minimum absolute atomic E-state index is 0.0417. The van der Waals surface area contributed by atoms with Gasteiger partial charge in [0.2, 0.25) is 0 Å². The molecule has 0 fully saturated rings. The first-order chi connectivity index (χ1) is 12.0. The summed E-state index contributed by atoms with van der Waals surface area (Å²) in [5, 5.41) is 10.4. The van der Waals surface area contributed by atoms with Crippen LogP contribution >= 0.6 is 0 Å². The number of allylic oxidation sites excluding steroid dienone is 1. The molecular formula is C16H30N2O7S. The van der Waals surface area contributed by atoms with Crippen LogP contribution < -0.4 is 5.11 Å². The highest BCUT2D eigenvalue weighted by Gasteiger charge is 2.15. The first-order valence-electron chi connectivity index (χ1n) is 8.40. The average molecular weight is 394 g/mol. The number of hydrogen-bond donors (Lipinski definition) is 0. The third-order valence-corrected chi connectivity index (χ3v) is 3.98. The average Bonchev–Trinajstić information content (AvgIpc) is 2.44. The van der Waals surface area contributed by atoms with Gasteiger partial charge in [-0.3, -0.25) is 4.79 Å². The maximum Gasteiger partial charge on any atom is 0.427 e. The van der Waals surface area contributed by atoms with Crippen LogP contribution in [0, 0.1) is 0 Å². The first kappa shape index (κ1) is 24.4. The summed E-state index contributed by atoms with van der Waals surface area (Å²) in [5.41, 5.74) is 0. The predicted molar refractivity (Wildman–Crippen MR) is 95.1 cm³/mol. The number of likely N-dealkylation sites (N-methyl/N-ethyl adjacent to an activating group) is 1. The van der Waals surface area contributed by atoms with E-state index in [0.29, 0.717) is 13.3 Å². The molecule has 0 spiro atoms. The number of carbonyl (C=O) groups is 1. The van der Waals surface area contributed by atoms with Crippen LogP contribution in [0.4, 0.5) is 0 Å². The van der Waals surface area contributed by atoms with Crippen molar-refractivity contribution < 1.29 is 36.5 Å². The van der Waals surface area contributed by atoms with Crippen LogP contribution in [-0.2, 0) is 28.8 Å². The molecule has 1 heterocycles. The van der Waals surface area contributed by atoms with Crippen molar-refractivity contribution in [1.82, 2.24) is 0 Å². The lowest BCUT2D eigenvalue weighted by Gasteiger charge is -2.28. The van der Waals surface area contributed by atoms with Crippen LogP contribution in [0.3, 0.4) is 0 Å². The number of unbranched alkanes of at least 4 members (excludes halogenated alkanes) is 2. The Morgan fingerprint density at radius 3 is 2.46 bits per heavy atom. The Bertz CT molecular complexity index is 598. The van der Waals surface area contributed by atoms with Crippen LogP contribution in [0.25, 0.3) is 0 Å². The van der Waals surface area contributed by atoms with Gasteiger partial charge in [0, 0.05) is 12.8 Å². The minimum Gasteiger partial charge on any atom is -0.858 e. The molecule has 10 heteroatoms. The van der Waals surface area contributed by atoms with Crippen molar-refractivity contribution in [3.8, 4) is 0 Å². The molecular weight excluding hydrogens is 364 g/mol. The molecule has 1 rings (SSSR count). The number of quaternary nitrogens is 1. The smallest absolute Gasteiger partial charge is 0.427 e. The Kier molecular flexibility index (Phi) is 11.1. The Hall–Kier alpha value is -1.65. The molecule has 0 N–H and O–H groups in total. The predicted octanol–water partition coefficient (Wildman–Crippen LogP) is 0.714. The molecule has 0 saturated heterocycles. The van der Waals surface area contributed by atoms with Gasteiger partial charge in [-0.05, 0) is 19.4 Å². The maximum atomic E-state index is 10.6. The van der Waals surface area contributed by atoms with E-state index in [1.807, 2.05) is 0 Å². The van der Waals surface area contributed by atoms with Gasteiger partial charge in [0.15, 0.2) is 6.73 Å². The molecule has 0 unspecified atom stereocenters. The Balaban J connectivity index is 0.000000531. The lowest BCUT2D eigenvalue weighted by molar-refractivity contribution is -0.909. The van der Waals surface area contributed by atoms with Crippen molar-refractivity contribution in [3.63, 3.8) is 0 Å². The largest absolute Gasteiger partial charge is 0.858 e. The van der Waals surface area contributed by atoms with Gasteiger partial charge in [0.1, 0.15) is 18.9 Å². The molecule has 1 aliphatic rings.